The van der Waals surface area contributed by atoms with Gasteiger partial charge in [-0.05, 0) is 36.2 Å². The molecule has 0 radical (unpaired) electrons. The summed E-state index contributed by atoms with van der Waals surface area (Å²) in [6, 6.07) is 10.9. The fourth-order valence-electron chi connectivity index (χ4n) is 2.15. The standard InChI is InChI=1S/C18H22ClN3O/c1-2-3-4-10-20-17-12-15(9-11-21-17)18(23)22-13-14-5-7-16(19)8-6-14/h5-9,11-12H,2-4,10,13H2,1H3,(H,20,21)(H,22,23). The van der Waals surface area contributed by atoms with Crippen molar-refractivity contribution in [3.8, 4) is 0 Å². The second-order valence-corrected chi connectivity index (χ2v) is 5.81. The Bertz CT molecular complexity index is 628. The Hall–Kier alpha value is -2.07. The number of hydrogen-bond acceptors (Lipinski definition) is 3. The third-order valence-corrected chi connectivity index (χ3v) is 3.73. The number of halogens is 1. The van der Waals surface area contributed by atoms with Gasteiger partial charge in [-0.3, -0.25) is 4.79 Å². The van der Waals surface area contributed by atoms with Crippen LogP contribution in [0.3, 0.4) is 0 Å². The second-order valence-electron chi connectivity index (χ2n) is 5.37. The van der Waals surface area contributed by atoms with Gasteiger partial charge in [0.2, 0.25) is 0 Å². The number of benzene rings is 1. The molecule has 0 bridgehead atoms. The summed E-state index contributed by atoms with van der Waals surface area (Å²) in [6.45, 7) is 3.51. The minimum Gasteiger partial charge on any atom is -0.370 e. The van der Waals surface area contributed by atoms with E-state index in [1.807, 2.05) is 24.3 Å². The van der Waals surface area contributed by atoms with Gasteiger partial charge in [-0.2, -0.15) is 0 Å². The summed E-state index contributed by atoms with van der Waals surface area (Å²) in [5.74, 6) is 0.624. The molecule has 23 heavy (non-hydrogen) atoms. The third-order valence-electron chi connectivity index (χ3n) is 3.47. The molecule has 0 saturated heterocycles. The number of aromatic nitrogens is 1. The molecule has 2 rings (SSSR count). The van der Waals surface area contributed by atoms with E-state index < -0.39 is 0 Å². The Labute approximate surface area is 142 Å². The van der Waals surface area contributed by atoms with Gasteiger partial charge in [0, 0.05) is 29.9 Å². The van der Waals surface area contributed by atoms with E-state index in [9.17, 15) is 4.79 Å². The molecule has 4 nitrogen and oxygen atoms in total. The number of rotatable bonds is 8. The van der Waals surface area contributed by atoms with Crippen molar-refractivity contribution in [2.24, 2.45) is 0 Å². The fourth-order valence-corrected chi connectivity index (χ4v) is 2.27. The van der Waals surface area contributed by atoms with Gasteiger partial charge in [0.05, 0.1) is 0 Å². The Balaban J connectivity index is 1.87. The van der Waals surface area contributed by atoms with Crippen molar-refractivity contribution in [2.75, 3.05) is 11.9 Å². The monoisotopic (exact) mass is 331 g/mol. The average Bonchev–Trinajstić information content (AvgIpc) is 2.58. The van der Waals surface area contributed by atoms with Crippen molar-refractivity contribution in [1.82, 2.24) is 10.3 Å². The molecular formula is C18H22ClN3O. The summed E-state index contributed by atoms with van der Waals surface area (Å²) < 4.78 is 0. The van der Waals surface area contributed by atoms with Crippen LogP contribution in [0.5, 0.6) is 0 Å². The number of carbonyl (C=O) groups is 1. The molecule has 0 unspecified atom stereocenters. The zero-order valence-corrected chi connectivity index (χ0v) is 14.1. The molecule has 1 heterocycles. The number of carbonyl (C=O) groups excluding carboxylic acids is 1. The number of nitrogens with zero attached hydrogens (tertiary/aromatic N) is 1. The molecule has 1 aromatic heterocycles. The van der Waals surface area contributed by atoms with E-state index in [1.54, 1.807) is 18.3 Å². The SMILES string of the molecule is CCCCCNc1cc(C(=O)NCc2ccc(Cl)cc2)ccn1. The normalized spacial score (nSPS) is 10.3. The van der Waals surface area contributed by atoms with Crippen LogP contribution in [-0.4, -0.2) is 17.4 Å². The van der Waals surface area contributed by atoms with Gasteiger partial charge in [0.1, 0.15) is 5.82 Å². The summed E-state index contributed by atoms with van der Waals surface area (Å²) in [5.41, 5.74) is 1.61. The molecule has 0 fully saturated rings. The van der Waals surface area contributed by atoms with Crippen LogP contribution in [-0.2, 0) is 6.54 Å². The summed E-state index contributed by atoms with van der Waals surface area (Å²) in [4.78, 5) is 16.5. The molecule has 0 atom stereocenters. The smallest absolute Gasteiger partial charge is 0.251 e. The van der Waals surface area contributed by atoms with Crippen LogP contribution in [0.2, 0.25) is 5.02 Å². The Morgan fingerprint density at radius 2 is 1.96 bits per heavy atom. The molecule has 1 aromatic carbocycles. The third kappa shape index (κ3) is 5.91. The Morgan fingerprint density at radius 3 is 2.70 bits per heavy atom. The summed E-state index contributed by atoms with van der Waals surface area (Å²) in [7, 11) is 0. The maximum absolute atomic E-state index is 12.2. The van der Waals surface area contributed by atoms with Crippen LogP contribution in [0.4, 0.5) is 5.82 Å². The average molecular weight is 332 g/mol. The highest BCUT2D eigenvalue weighted by Gasteiger charge is 2.06. The molecule has 0 aliphatic rings. The van der Waals surface area contributed by atoms with E-state index in [4.69, 9.17) is 11.6 Å². The van der Waals surface area contributed by atoms with Gasteiger partial charge < -0.3 is 10.6 Å². The minimum absolute atomic E-state index is 0.112. The molecule has 0 aliphatic heterocycles. The largest absolute Gasteiger partial charge is 0.370 e. The Kier molecular flexibility index (Phi) is 6.88. The highest BCUT2D eigenvalue weighted by molar-refractivity contribution is 6.30. The van der Waals surface area contributed by atoms with Crippen molar-refractivity contribution in [2.45, 2.75) is 32.7 Å². The minimum atomic E-state index is -0.112. The topological polar surface area (TPSA) is 54.0 Å². The van der Waals surface area contributed by atoms with E-state index in [-0.39, 0.29) is 5.91 Å². The van der Waals surface area contributed by atoms with Crippen molar-refractivity contribution >= 4 is 23.3 Å². The van der Waals surface area contributed by atoms with Crippen LogP contribution in [0.1, 0.15) is 42.1 Å². The quantitative estimate of drug-likeness (QED) is 0.710. The summed E-state index contributed by atoms with van der Waals surface area (Å²) in [5, 5.41) is 6.84. The molecule has 2 aromatic rings. The van der Waals surface area contributed by atoms with Gasteiger partial charge in [-0.1, -0.05) is 43.5 Å². The molecule has 2 N–H and O–H groups in total. The van der Waals surface area contributed by atoms with Gasteiger partial charge >= 0.3 is 0 Å². The molecule has 122 valence electrons. The first-order chi connectivity index (χ1) is 11.2. The van der Waals surface area contributed by atoms with Crippen LogP contribution >= 0.6 is 11.6 Å². The fraction of sp³-hybridized carbons (Fsp3) is 0.333. The van der Waals surface area contributed by atoms with Crippen LogP contribution in [0, 0.1) is 0 Å². The first kappa shape index (κ1) is 17.3. The molecule has 0 saturated carbocycles. The van der Waals surface area contributed by atoms with E-state index >= 15 is 0 Å². The summed E-state index contributed by atoms with van der Waals surface area (Å²) >= 11 is 5.85. The number of nitrogens with one attached hydrogen (secondary N) is 2. The van der Waals surface area contributed by atoms with Crippen LogP contribution in [0.25, 0.3) is 0 Å². The molecular weight excluding hydrogens is 310 g/mol. The van der Waals surface area contributed by atoms with Crippen molar-refractivity contribution in [1.29, 1.82) is 0 Å². The van der Waals surface area contributed by atoms with Crippen molar-refractivity contribution < 1.29 is 4.79 Å². The first-order valence-corrected chi connectivity index (χ1v) is 8.29. The molecule has 0 spiro atoms. The lowest BCUT2D eigenvalue weighted by molar-refractivity contribution is 0.0951. The van der Waals surface area contributed by atoms with E-state index in [2.05, 4.69) is 22.5 Å². The molecule has 1 amide bonds. The number of anilines is 1. The van der Waals surface area contributed by atoms with E-state index in [1.165, 1.54) is 12.8 Å². The van der Waals surface area contributed by atoms with Gasteiger partial charge in [0.15, 0.2) is 0 Å². The van der Waals surface area contributed by atoms with E-state index in [0.717, 1.165) is 24.3 Å². The number of pyridine rings is 1. The lowest BCUT2D eigenvalue weighted by atomic mass is 10.2. The lowest BCUT2D eigenvalue weighted by Gasteiger charge is -2.08. The van der Waals surface area contributed by atoms with E-state index in [0.29, 0.717) is 17.1 Å². The van der Waals surface area contributed by atoms with Crippen LogP contribution in [0.15, 0.2) is 42.6 Å². The van der Waals surface area contributed by atoms with Gasteiger partial charge in [-0.25, -0.2) is 4.98 Å². The second kappa shape index (κ2) is 9.16. The zero-order valence-electron chi connectivity index (χ0n) is 13.3. The maximum atomic E-state index is 12.2. The highest BCUT2D eigenvalue weighted by Crippen LogP contribution is 2.10. The lowest BCUT2D eigenvalue weighted by Crippen LogP contribution is -2.23. The van der Waals surface area contributed by atoms with Gasteiger partial charge in [-0.15, -0.1) is 0 Å². The predicted octanol–water partition coefficient (Wildman–Crippen LogP) is 4.27. The van der Waals surface area contributed by atoms with Crippen molar-refractivity contribution in [3.05, 3.63) is 58.7 Å². The first-order valence-electron chi connectivity index (χ1n) is 7.91. The zero-order chi connectivity index (χ0) is 16.5. The molecule has 5 heteroatoms. The summed E-state index contributed by atoms with van der Waals surface area (Å²) in [6.07, 6.45) is 5.13. The Morgan fingerprint density at radius 1 is 1.17 bits per heavy atom. The number of unbranched alkanes of at least 4 members (excludes halogenated alkanes) is 2. The predicted molar refractivity (Wildman–Crippen MR) is 94.9 cm³/mol. The van der Waals surface area contributed by atoms with Crippen molar-refractivity contribution in [3.63, 3.8) is 0 Å². The number of amides is 1. The number of hydrogen-bond donors (Lipinski definition) is 2. The molecule has 0 aliphatic carbocycles. The van der Waals surface area contributed by atoms with Crippen LogP contribution < -0.4 is 10.6 Å². The van der Waals surface area contributed by atoms with Gasteiger partial charge in [0.25, 0.3) is 5.91 Å². The maximum Gasteiger partial charge on any atom is 0.251 e. The highest BCUT2D eigenvalue weighted by atomic mass is 35.5.